The molecule has 0 spiro atoms. The van der Waals surface area contributed by atoms with Crippen molar-refractivity contribution in [3.63, 3.8) is 0 Å². The Kier molecular flexibility index (Phi) is 2.61. The van der Waals surface area contributed by atoms with Crippen molar-refractivity contribution in [3.8, 4) is 0 Å². The van der Waals surface area contributed by atoms with Crippen LogP contribution < -0.4 is 0 Å². The molecular weight excluding hydrogens is 295 g/mol. The molecule has 2 nitrogen and oxygen atoms in total. The van der Waals surface area contributed by atoms with Gasteiger partial charge in [0.2, 0.25) is 3.83 Å². The molecule has 1 heterocycles. The van der Waals surface area contributed by atoms with Crippen LogP contribution in [-0.4, -0.2) is 9.36 Å². The van der Waals surface area contributed by atoms with Crippen molar-refractivity contribution in [2.45, 2.75) is 39.0 Å². The van der Waals surface area contributed by atoms with Gasteiger partial charge in [0.05, 0.1) is 0 Å². The Balaban J connectivity index is 2.26. The van der Waals surface area contributed by atoms with Crippen LogP contribution in [0.1, 0.15) is 44.0 Å². The molecule has 1 atom stereocenters. The summed E-state index contributed by atoms with van der Waals surface area (Å²) in [7, 11) is 0. The first kappa shape index (κ1) is 9.83. The fourth-order valence-electron chi connectivity index (χ4n) is 2.14. The lowest BCUT2D eigenvalue weighted by Crippen LogP contribution is -2.15. The largest absolute Gasteiger partial charge is 0.215 e. The number of hydrogen-bond acceptors (Lipinski definition) is 3. The zero-order valence-electron chi connectivity index (χ0n) is 7.88. The summed E-state index contributed by atoms with van der Waals surface area (Å²) in [5.74, 6) is 0.647. The Morgan fingerprint density at radius 1 is 1.54 bits per heavy atom. The molecular formula is C9H13IN2S. The molecule has 0 bridgehead atoms. The second kappa shape index (κ2) is 3.46. The zero-order chi connectivity index (χ0) is 9.47. The molecule has 1 aromatic rings. The van der Waals surface area contributed by atoms with Gasteiger partial charge in [0.15, 0.2) is 0 Å². The Morgan fingerprint density at radius 3 is 2.77 bits per heavy atom. The van der Waals surface area contributed by atoms with Gasteiger partial charge >= 0.3 is 0 Å². The van der Waals surface area contributed by atoms with Gasteiger partial charge in [-0.3, -0.25) is 0 Å². The summed E-state index contributed by atoms with van der Waals surface area (Å²) >= 11 is 3.77. The van der Waals surface area contributed by atoms with Crippen molar-refractivity contribution in [1.82, 2.24) is 9.36 Å². The van der Waals surface area contributed by atoms with Crippen LogP contribution in [0.5, 0.6) is 0 Å². The van der Waals surface area contributed by atoms with E-state index in [0.717, 1.165) is 3.83 Å². The van der Waals surface area contributed by atoms with Crippen LogP contribution in [-0.2, 0) is 0 Å². The third kappa shape index (κ3) is 1.88. The lowest BCUT2D eigenvalue weighted by atomic mass is 9.82. The average Bonchev–Trinajstić information content (AvgIpc) is 2.56. The second-order valence-corrected chi connectivity index (χ2v) is 6.08. The second-order valence-electron chi connectivity index (χ2n) is 4.34. The molecule has 4 heteroatoms. The van der Waals surface area contributed by atoms with E-state index in [1.807, 2.05) is 0 Å². The molecule has 0 saturated heterocycles. The highest BCUT2D eigenvalue weighted by atomic mass is 127. The van der Waals surface area contributed by atoms with Gasteiger partial charge in [-0.1, -0.05) is 20.3 Å². The highest BCUT2D eigenvalue weighted by Gasteiger charge is 2.37. The lowest BCUT2D eigenvalue weighted by Gasteiger charge is -2.24. The maximum atomic E-state index is 4.48. The third-order valence-corrected chi connectivity index (χ3v) is 4.61. The molecule has 13 heavy (non-hydrogen) atoms. The molecule has 72 valence electrons. The molecule has 1 aliphatic rings. The van der Waals surface area contributed by atoms with E-state index < -0.39 is 0 Å². The van der Waals surface area contributed by atoms with Crippen molar-refractivity contribution < 1.29 is 0 Å². The molecule has 0 radical (unpaired) electrons. The highest BCUT2D eigenvalue weighted by molar-refractivity contribution is 14.1. The van der Waals surface area contributed by atoms with Crippen molar-refractivity contribution in [2.24, 2.45) is 5.41 Å². The van der Waals surface area contributed by atoms with Gasteiger partial charge in [0, 0.05) is 28.5 Å². The van der Waals surface area contributed by atoms with E-state index in [-0.39, 0.29) is 0 Å². The van der Waals surface area contributed by atoms with E-state index in [2.05, 4.69) is 45.8 Å². The van der Waals surface area contributed by atoms with E-state index >= 15 is 0 Å². The quantitative estimate of drug-likeness (QED) is 0.743. The molecule has 0 N–H and O–H groups in total. The minimum Gasteiger partial charge on any atom is -0.215 e. The minimum absolute atomic E-state index is 0.433. The maximum absolute atomic E-state index is 4.48. The third-order valence-electron chi connectivity index (χ3n) is 2.97. The number of nitrogens with zero attached hydrogens (tertiary/aromatic N) is 2. The summed E-state index contributed by atoms with van der Waals surface area (Å²) < 4.78 is 5.15. The van der Waals surface area contributed by atoms with Crippen molar-refractivity contribution in [3.05, 3.63) is 8.84 Å². The summed E-state index contributed by atoms with van der Waals surface area (Å²) in [6, 6.07) is 0. The molecule has 1 fully saturated rings. The van der Waals surface area contributed by atoms with E-state index in [1.54, 1.807) is 11.5 Å². The van der Waals surface area contributed by atoms with Crippen LogP contribution >= 0.6 is 34.1 Å². The molecule has 0 aromatic carbocycles. The predicted molar refractivity (Wildman–Crippen MR) is 63.0 cm³/mol. The Morgan fingerprint density at radius 2 is 2.31 bits per heavy atom. The summed E-state index contributed by atoms with van der Waals surface area (Å²) in [4.78, 5) is 4.48. The molecule has 1 saturated carbocycles. The Labute approximate surface area is 96.5 Å². The fourth-order valence-corrected chi connectivity index (χ4v) is 3.76. The van der Waals surface area contributed by atoms with Crippen LogP contribution in [0.25, 0.3) is 0 Å². The maximum Gasteiger partial charge on any atom is 0.203 e. The van der Waals surface area contributed by atoms with Gasteiger partial charge in [0.25, 0.3) is 0 Å². The van der Waals surface area contributed by atoms with Gasteiger partial charge in [-0.15, -0.1) is 0 Å². The van der Waals surface area contributed by atoms with E-state index in [0.29, 0.717) is 11.3 Å². The summed E-state index contributed by atoms with van der Waals surface area (Å²) in [5.41, 5.74) is 0.433. The van der Waals surface area contributed by atoms with Gasteiger partial charge in [-0.25, -0.2) is 4.98 Å². The van der Waals surface area contributed by atoms with Crippen LogP contribution in [0.15, 0.2) is 0 Å². The zero-order valence-corrected chi connectivity index (χ0v) is 10.9. The van der Waals surface area contributed by atoms with Gasteiger partial charge < -0.3 is 0 Å². The lowest BCUT2D eigenvalue weighted by molar-refractivity contribution is 0.331. The summed E-state index contributed by atoms with van der Waals surface area (Å²) in [5, 5.41) is 1.24. The fraction of sp³-hybridized carbons (Fsp3) is 0.778. The minimum atomic E-state index is 0.433. The molecule has 2 rings (SSSR count). The first-order chi connectivity index (χ1) is 6.09. The van der Waals surface area contributed by atoms with Crippen molar-refractivity contribution in [1.29, 1.82) is 0 Å². The standard InChI is InChI=1S/C9H13IN2S/c1-9(2)5-3-4-6(9)7-11-8(10)12-13-7/h6H,3-5H2,1-2H3. The van der Waals surface area contributed by atoms with E-state index in [4.69, 9.17) is 0 Å². The molecule has 1 aromatic heterocycles. The first-order valence-electron chi connectivity index (χ1n) is 4.59. The molecule has 0 aliphatic heterocycles. The molecule has 1 aliphatic carbocycles. The topological polar surface area (TPSA) is 25.8 Å². The number of aromatic nitrogens is 2. The molecule has 1 unspecified atom stereocenters. The number of hydrogen-bond donors (Lipinski definition) is 0. The van der Waals surface area contributed by atoms with Crippen molar-refractivity contribution in [2.75, 3.05) is 0 Å². The van der Waals surface area contributed by atoms with Gasteiger partial charge in [-0.2, -0.15) is 4.37 Å². The molecule has 0 amide bonds. The SMILES string of the molecule is CC1(C)CCCC1c1nc(I)ns1. The average molecular weight is 308 g/mol. The van der Waals surface area contributed by atoms with Crippen LogP contribution in [0.2, 0.25) is 0 Å². The van der Waals surface area contributed by atoms with E-state index in [1.165, 1.54) is 24.3 Å². The Hall–Kier alpha value is 0.290. The van der Waals surface area contributed by atoms with Gasteiger partial charge in [0.1, 0.15) is 5.01 Å². The van der Waals surface area contributed by atoms with Crippen molar-refractivity contribution >= 4 is 34.1 Å². The normalized spacial score (nSPS) is 26.5. The van der Waals surface area contributed by atoms with Crippen LogP contribution in [0.4, 0.5) is 0 Å². The summed E-state index contributed by atoms with van der Waals surface area (Å²) in [6.07, 6.45) is 3.96. The smallest absolute Gasteiger partial charge is 0.203 e. The first-order valence-corrected chi connectivity index (χ1v) is 6.44. The van der Waals surface area contributed by atoms with Crippen LogP contribution in [0, 0.1) is 9.25 Å². The monoisotopic (exact) mass is 308 g/mol. The Bertz CT molecular complexity index is 308. The number of halogens is 1. The van der Waals surface area contributed by atoms with Gasteiger partial charge in [-0.05, 0) is 29.8 Å². The van der Waals surface area contributed by atoms with E-state index in [9.17, 15) is 0 Å². The predicted octanol–water partition coefficient (Wildman–Crippen LogP) is 3.44. The summed E-state index contributed by atoms with van der Waals surface area (Å²) in [6.45, 7) is 4.69. The highest BCUT2D eigenvalue weighted by Crippen LogP contribution is 2.49. The van der Waals surface area contributed by atoms with Crippen LogP contribution in [0.3, 0.4) is 0 Å². The number of rotatable bonds is 1.